The van der Waals surface area contributed by atoms with Gasteiger partial charge in [0.05, 0.1) is 14.2 Å². The van der Waals surface area contributed by atoms with Gasteiger partial charge in [0.2, 0.25) is 0 Å². The zero-order valence-electron chi connectivity index (χ0n) is 15.0. The van der Waals surface area contributed by atoms with E-state index in [4.69, 9.17) is 14.2 Å². The van der Waals surface area contributed by atoms with Gasteiger partial charge in [-0.2, -0.15) is 0 Å². The predicted octanol–water partition coefficient (Wildman–Crippen LogP) is -0.595. The van der Waals surface area contributed by atoms with Crippen LogP contribution in [0.3, 0.4) is 0 Å². The molecule has 1 aliphatic rings. The summed E-state index contributed by atoms with van der Waals surface area (Å²) in [5.41, 5.74) is 0. The highest BCUT2D eigenvalue weighted by molar-refractivity contribution is 5.84. The van der Waals surface area contributed by atoms with Crippen molar-refractivity contribution >= 4 is 30.0 Å². The Kier molecular flexibility index (Phi) is 7.35. The molecule has 1 aliphatic heterocycles. The molecule has 146 valence electrons. The van der Waals surface area contributed by atoms with E-state index in [-0.39, 0.29) is 0 Å². The summed E-state index contributed by atoms with van der Waals surface area (Å²) in [7, 11) is 2.14. The molecule has 1 saturated heterocycles. The largest absolute Gasteiger partial charge is 0.467 e. The Hall–Kier alpha value is -2.85. The van der Waals surface area contributed by atoms with Crippen LogP contribution >= 0.6 is 0 Å². The van der Waals surface area contributed by atoms with Crippen LogP contribution in [-0.4, -0.2) is 80.0 Å². The predicted molar refractivity (Wildman–Crippen MR) is 81.6 cm³/mol. The summed E-state index contributed by atoms with van der Waals surface area (Å²) in [4.78, 5) is 59.5. The van der Waals surface area contributed by atoms with Gasteiger partial charge in [0.1, 0.15) is 12.6 Å². The normalized spacial score (nSPS) is 24.4. The van der Waals surface area contributed by atoms with Gasteiger partial charge in [0.15, 0.2) is 18.2 Å². The summed E-state index contributed by atoms with van der Waals surface area (Å²) in [6.07, 6.45) is -3.63. The van der Waals surface area contributed by atoms with E-state index in [1.54, 1.807) is 0 Å². The van der Waals surface area contributed by atoms with E-state index in [0.29, 0.717) is 0 Å². The molecule has 0 radical (unpaired) electrons. The lowest BCUT2D eigenvalue weighted by atomic mass is 10.1. The van der Waals surface area contributed by atoms with E-state index >= 15 is 0 Å². The van der Waals surface area contributed by atoms with Crippen LogP contribution in [-0.2, 0) is 42.9 Å². The van der Waals surface area contributed by atoms with Gasteiger partial charge in [-0.15, -0.1) is 0 Å². The highest BCUT2D eigenvalue weighted by atomic mass is 16.6. The molecule has 0 aromatic heterocycles. The van der Waals surface area contributed by atoms with Gasteiger partial charge in [0.25, 0.3) is 0 Å². The van der Waals surface area contributed by atoms with Crippen LogP contribution in [0.5, 0.6) is 0 Å². The van der Waals surface area contributed by atoms with Crippen molar-refractivity contribution in [2.75, 3.05) is 20.8 Å². The van der Waals surface area contributed by atoms with E-state index in [1.807, 2.05) is 0 Å². The average molecular weight is 375 g/mol. The molecular weight excluding hydrogens is 354 g/mol. The quantitative estimate of drug-likeness (QED) is 0.453. The standard InChI is InChI=1S/C15H21NO10/c1-7(17)24-6-10-12(25-8(2)18)13(26-9(3)19)11(14(20)22-4)16(10)15(21)23-5/h10-13H,6H2,1-5H3/t10-,11+,12-,13-/m1/s1. The Bertz CT molecular complexity index is 589. The maximum Gasteiger partial charge on any atom is 0.410 e. The number of rotatable bonds is 5. The third-order valence-electron chi connectivity index (χ3n) is 3.56. The highest BCUT2D eigenvalue weighted by Gasteiger charge is 2.59. The number of esters is 4. The van der Waals surface area contributed by atoms with Crippen molar-refractivity contribution in [3.05, 3.63) is 0 Å². The monoisotopic (exact) mass is 375 g/mol. The number of carbonyl (C=O) groups is 5. The van der Waals surface area contributed by atoms with E-state index in [1.165, 1.54) is 0 Å². The molecule has 0 unspecified atom stereocenters. The van der Waals surface area contributed by atoms with Crippen molar-refractivity contribution in [2.24, 2.45) is 0 Å². The van der Waals surface area contributed by atoms with Gasteiger partial charge in [0, 0.05) is 20.8 Å². The first-order chi connectivity index (χ1) is 12.1. The van der Waals surface area contributed by atoms with Crippen LogP contribution in [0, 0.1) is 0 Å². The summed E-state index contributed by atoms with van der Waals surface area (Å²) in [5, 5.41) is 0. The molecule has 0 aliphatic carbocycles. The molecule has 0 bridgehead atoms. The number of hydrogen-bond donors (Lipinski definition) is 0. The second kappa shape index (κ2) is 9.02. The molecule has 1 rings (SSSR count). The third-order valence-corrected chi connectivity index (χ3v) is 3.56. The van der Waals surface area contributed by atoms with E-state index in [2.05, 4.69) is 9.47 Å². The topological polar surface area (TPSA) is 135 Å². The Labute approximate surface area is 149 Å². The molecule has 11 nitrogen and oxygen atoms in total. The maximum atomic E-state index is 12.2. The van der Waals surface area contributed by atoms with Crippen LogP contribution in [0.15, 0.2) is 0 Å². The lowest BCUT2D eigenvalue weighted by Gasteiger charge is -2.27. The lowest BCUT2D eigenvalue weighted by molar-refractivity contribution is -0.168. The van der Waals surface area contributed by atoms with Crippen LogP contribution in [0.4, 0.5) is 4.79 Å². The van der Waals surface area contributed by atoms with E-state index < -0.39 is 60.9 Å². The molecule has 0 saturated carbocycles. The van der Waals surface area contributed by atoms with Crippen molar-refractivity contribution in [1.82, 2.24) is 4.90 Å². The fourth-order valence-electron chi connectivity index (χ4n) is 2.68. The van der Waals surface area contributed by atoms with Crippen molar-refractivity contribution in [3.63, 3.8) is 0 Å². The maximum absolute atomic E-state index is 12.2. The third kappa shape index (κ3) is 4.83. The fraction of sp³-hybridized carbons (Fsp3) is 0.667. The van der Waals surface area contributed by atoms with Crippen LogP contribution in [0.25, 0.3) is 0 Å². The molecule has 0 aromatic rings. The molecule has 26 heavy (non-hydrogen) atoms. The second-order valence-corrected chi connectivity index (χ2v) is 5.36. The van der Waals surface area contributed by atoms with Crippen molar-refractivity contribution < 1.29 is 47.7 Å². The van der Waals surface area contributed by atoms with Gasteiger partial charge < -0.3 is 23.7 Å². The number of carbonyl (C=O) groups excluding carboxylic acids is 5. The van der Waals surface area contributed by atoms with Gasteiger partial charge in [-0.3, -0.25) is 19.3 Å². The number of nitrogens with zero attached hydrogens (tertiary/aromatic N) is 1. The van der Waals surface area contributed by atoms with Crippen molar-refractivity contribution in [1.29, 1.82) is 0 Å². The minimum atomic E-state index is -1.46. The molecule has 0 spiro atoms. The molecule has 1 amide bonds. The minimum absolute atomic E-state index is 0.423. The molecule has 11 heteroatoms. The summed E-state index contributed by atoms with van der Waals surface area (Å²) >= 11 is 0. The van der Waals surface area contributed by atoms with Crippen molar-refractivity contribution in [2.45, 2.75) is 45.1 Å². The van der Waals surface area contributed by atoms with Gasteiger partial charge in [-0.1, -0.05) is 0 Å². The number of hydrogen-bond acceptors (Lipinski definition) is 10. The Morgan fingerprint density at radius 2 is 1.35 bits per heavy atom. The van der Waals surface area contributed by atoms with Crippen LogP contribution < -0.4 is 0 Å². The molecular formula is C15H21NO10. The second-order valence-electron chi connectivity index (χ2n) is 5.36. The Balaban J connectivity index is 3.42. The molecule has 4 atom stereocenters. The minimum Gasteiger partial charge on any atom is -0.467 e. The highest BCUT2D eigenvalue weighted by Crippen LogP contribution is 2.32. The molecule has 1 fully saturated rings. The average Bonchev–Trinajstić information content (AvgIpc) is 2.83. The number of likely N-dealkylation sites (tertiary alicyclic amines) is 1. The molecule has 0 N–H and O–H groups in total. The Morgan fingerprint density at radius 3 is 1.77 bits per heavy atom. The van der Waals surface area contributed by atoms with Crippen LogP contribution in [0.1, 0.15) is 20.8 Å². The van der Waals surface area contributed by atoms with Gasteiger partial charge >= 0.3 is 30.0 Å². The van der Waals surface area contributed by atoms with Gasteiger partial charge in [-0.05, 0) is 0 Å². The number of amides is 1. The zero-order chi connectivity index (χ0) is 20.0. The zero-order valence-corrected chi connectivity index (χ0v) is 15.0. The first kappa shape index (κ1) is 21.2. The number of ether oxygens (including phenoxy) is 5. The summed E-state index contributed by atoms with van der Waals surface area (Å²) < 4.78 is 24.5. The lowest BCUT2D eigenvalue weighted by Crippen LogP contribution is -2.50. The molecule has 0 aromatic carbocycles. The first-order valence-electron chi connectivity index (χ1n) is 7.55. The van der Waals surface area contributed by atoms with E-state index in [9.17, 15) is 24.0 Å². The van der Waals surface area contributed by atoms with Crippen molar-refractivity contribution in [3.8, 4) is 0 Å². The smallest absolute Gasteiger partial charge is 0.410 e. The SMILES string of the molecule is COC(=O)[C@@H]1[C@@H](OC(C)=O)[C@H](OC(C)=O)[C@@H](COC(C)=O)N1C(=O)OC. The summed E-state index contributed by atoms with van der Waals surface area (Å²) in [5.74, 6) is -3.12. The molecule has 1 heterocycles. The fourth-order valence-corrected chi connectivity index (χ4v) is 2.68. The van der Waals surface area contributed by atoms with Gasteiger partial charge in [-0.25, -0.2) is 9.59 Å². The number of methoxy groups -OCH3 is 2. The Morgan fingerprint density at radius 1 is 0.808 bits per heavy atom. The van der Waals surface area contributed by atoms with Crippen LogP contribution in [0.2, 0.25) is 0 Å². The first-order valence-corrected chi connectivity index (χ1v) is 7.55. The van der Waals surface area contributed by atoms with E-state index in [0.717, 1.165) is 39.9 Å². The summed E-state index contributed by atoms with van der Waals surface area (Å²) in [6, 6.07) is -2.59. The summed E-state index contributed by atoms with van der Waals surface area (Å²) in [6.45, 7) is 2.90.